The van der Waals surface area contributed by atoms with Crippen molar-refractivity contribution in [1.29, 1.82) is 0 Å². The summed E-state index contributed by atoms with van der Waals surface area (Å²) < 4.78 is 10.6. The lowest BCUT2D eigenvalue weighted by atomic mass is 10.2. The SMILES string of the molecule is O=C(NCc1ccc2c(c1)OCO2)c1nc(N2CCCC2)ncc1Cl. The van der Waals surface area contributed by atoms with Crippen molar-refractivity contribution in [2.75, 3.05) is 24.8 Å². The van der Waals surface area contributed by atoms with E-state index >= 15 is 0 Å². The van der Waals surface area contributed by atoms with Crippen LogP contribution < -0.4 is 19.7 Å². The van der Waals surface area contributed by atoms with Crippen molar-refractivity contribution in [3.63, 3.8) is 0 Å². The Balaban J connectivity index is 1.46. The number of carbonyl (C=O) groups is 1. The number of carbonyl (C=O) groups excluding carboxylic acids is 1. The Morgan fingerprint density at radius 3 is 2.88 bits per heavy atom. The fourth-order valence-corrected chi connectivity index (χ4v) is 3.08. The standard InChI is InChI=1S/C17H17ClN4O3/c18-12-9-20-17(22-5-1-2-6-22)21-15(12)16(23)19-8-11-3-4-13-14(7-11)25-10-24-13/h3-4,7,9H,1-2,5-6,8,10H2,(H,19,23). The van der Waals surface area contributed by atoms with Crippen LogP contribution in [0.2, 0.25) is 5.02 Å². The van der Waals surface area contributed by atoms with Gasteiger partial charge < -0.3 is 19.7 Å². The number of ether oxygens (including phenoxy) is 2. The molecule has 1 N–H and O–H groups in total. The van der Waals surface area contributed by atoms with Gasteiger partial charge in [0.05, 0.1) is 11.2 Å². The molecule has 0 bridgehead atoms. The summed E-state index contributed by atoms with van der Waals surface area (Å²) >= 11 is 6.12. The molecule has 1 aromatic heterocycles. The molecule has 1 fully saturated rings. The third kappa shape index (κ3) is 3.32. The molecular weight excluding hydrogens is 344 g/mol. The average Bonchev–Trinajstić information content (AvgIpc) is 3.31. The number of hydrogen-bond donors (Lipinski definition) is 1. The first-order valence-electron chi connectivity index (χ1n) is 8.15. The highest BCUT2D eigenvalue weighted by Gasteiger charge is 2.20. The van der Waals surface area contributed by atoms with E-state index in [1.54, 1.807) is 0 Å². The maximum atomic E-state index is 12.5. The van der Waals surface area contributed by atoms with Gasteiger partial charge in [-0.1, -0.05) is 17.7 Å². The van der Waals surface area contributed by atoms with Crippen LogP contribution >= 0.6 is 11.6 Å². The summed E-state index contributed by atoms with van der Waals surface area (Å²) in [6.07, 6.45) is 3.70. The molecule has 25 heavy (non-hydrogen) atoms. The van der Waals surface area contributed by atoms with Crippen LogP contribution in [0.15, 0.2) is 24.4 Å². The zero-order valence-corrected chi connectivity index (χ0v) is 14.3. The van der Waals surface area contributed by atoms with Gasteiger partial charge in [0.25, 0.3) is 5.91 Å². The Kier molecular flexibility index (Phi) is 4.31. The Morgan fingerprint density at radius 2 is 2.04 bits per heavy atom. The van der Waals surface area contributed by atoms with E-state index in [0.717, 1.165) is 31.5 Å². The predicted molar refractivity (Wildman–Crippen MR) is 92.2 cm³/mol. The van der Waals surface area contributed by atoms with E-state index in [9.17, 15) is 4.79 Å². The van der Waals surface area contributed by atoms with Crippen LogP contribution in [0.3, 0.4) is 0 Å². The lowest BCUT2D eigenvalue weighted by Gasteiger charge is -2.16. The first kappa shape index (κ1) is 16.0. The van der Waals surface area contributed by atoms with E-state index in [1.165, 1.54) is 6.20 Å². The number of nitrogens with zero attached hydrogens (tertiary/aromatic N) is 3. The van der Waals surface area contributed by atoms with Gasteiger partial charge in [-0.25, -0.2) is 9.97 Å². The summed E-state index contributed by atoms with van der Waals surface area (Å²) in [5.74, 6) is 1.62. The summed E-state index contributed by atoms with van der Waals surface area (Å²) in [6.45, 7) is 2.37. The number of anilines is 1. The van der Waals surface area contributed by atoms with Crippen LogP contribution in [0, 0.1) is 0 Å². The highest BCUT2D eigenvalue weighted by molar-refractivity contribution is 6.33. The fraction of sp³-hybridized carbons (Fsp3) is 0.353. The van der Waals surface area contributed by atoms with E-state index in [2.05, 4.69) is 20.2 Å². The molecule has 0 aliphatic carbocycles. The van der Waals surface area contributed by atoms with Crippen molar-refractivity contribution in [3.05, 3.63) is 40.7 Å². The van der Waals surface area contributed by atoms with E-state index in [4.69, 9.17) is 21.1 Å². The van der Waals surface area contributed by atoms with E-state index in [0.29, 0.717) is 24.0 Å². The second kappa shape index (κ2) is 6.76. The van der Waals surface area contributed by atoms with Crippen molar-refractivity contribution >= 4 is 23.5 Å². The van der Waals surface area contributed by atoms with Crippen molar-refractivity contribution in [2.45, 2.75) is 19.4 Å². The molecule has 1 aromatic carbocycles. The van der Waals surface area contributed by atoms with Crippen LogP contribution in [0.25, 0.3) is 0 Å². The lowest BCUT2D eigenvalue weighted by molar-refractivity contribution is 0.0946. The molecule has 1 saturated heterocycles. The lowest BCUT2D eigenvalue weighted by Crippen LogP contribution is -2.26. The van der Waals surface area contributed by atoms with Crippen molar-refractivity contribution in [3.8, 4) is 11.5 Å². The van der Waals surface area contributed by atoms with Gasteiger partial charge >= 0.3 is 0 Å². The van der Waals surface area contributed by atoms with Crippen molar-refractivity contribution < 1.29 is 14.3 Å². The summed E-state index contributed by atoms with van der Waals surface area (Å²) in [6, 6.07) is 5.55. The molecule has 1 amide bonds. The molecule has 2 aliphatic rings. The van der Waals surface area contributed by atoms with E-state index in [1.807, 2.05) is 18.2 Å². The van der Waals surface area contributed by atoms with Crippen LogP contribution in [-0.4, -0.2) is 35.8 Å². The molecule has 0 radical (unpaired) electrons. The molecule has 7 nitrogen and oxygen atoms in total. The highest BCUT2D eigenvalue weighted by atomic mass is 35.5. The largest absolute Gasteiger partial charge is 0.454 e. The first-order valence-corrected chi connectivity index (χ1v) is 8.53. The minimum absolute atomic E-state index is 0.194. The monoisotopic (exact) mass is 360 g/mol. The van der Waals surface area contributed by atoms with Crippen LogP contribution in [0.4, 0.5) is 5.95 Å². The maximum Gasteiger partial charge on any atom is 0.271 e. The second-order valence-corrected chi connectivity index (χ2v) is 6.34. The van der Waals surface area contributed by atoms with Crippen LogP contribution in [0.5, 0.6) is 11.5 Å². The maximum absolute atomic E-state index is 12.5. The molecule has 2 aliphatic heterocycles. The summed E-state index contributed by atoms with van der Waals surface area (Å²) in [5.41, 5.74) is 1.10. The minimum Gasteiger partial charge on any atom is -0.454 e. The smallest absolute Gasteiger partial charge is 0.271 e. The zero-order chi connectivity index (χ0) is 17.2. The van der Waals surface area contributed by atoms with Gasteiger partial charge in [0.2, 0.25) is 12.7 Å². The molecule has 2 aromatic rings. The van der Waals surface area contributed by atoms with Gasteiger partial charge in [0, 0.05) is 19.6 Å². The molecule has 0 unspecified atom stereocenters. The fourth-order valence-electron chi connectivity index (χ4n) is 2.90. The number of hydrogen-bond acceptors (Lipinski definition) is 6. The van der Waals surface area contributed by atoms with Crippen molar-refractivity contribution in [2.24, 2.45) is 0 Å². The Bertz CT molecular complexity index is 808. The molecule has 130 valence electrons. The molecular formula is C17H17ClN4O3. The third-order valence-electron chi connectivity index (χ3n) is 4.23. The molecule has 0 spiro atoms. The first-order chi connectivity index (χ1) is 12.2. The van der Waals surface area contributed by atoms with Gasteiger partial charge in [-0.3, -0.25) is 4.79 Å². The summed E-state index contributed by atoms with van der Waals surface area (Å²) in [5, 5.41) is 3.08. The third-order valence-corrected chi connectivity index (χ3v) is 4.50. The number of benzene rings is 1. The summed E-state index contributed by atoms with van der Waals surface area (Å²) in [7, 11) is 0. The van der Waals surface area contributed by atoms with Crippen LogP contribution in [-0.2, 0) is 6.54 Å². The van der Waals surface area contributed by atoms with Crippen molar-refractivity contribution in [1.82, 2.24) is 15.3 Å². The molecule has 8 heteroatoms. The normalized spacial score (nSPS) is 15.5. The topological polar surface area (TPSA) is 76.6 Å². The van der Waals surface area contributed by atoms with E-state index in [-0.39, 0.29) is 23.4 Å². The van der Waals surface area contributed by atoms with Gasteiger partial charge in [-0.05, 0) is 30.5 Å². The van der Waals surface area contributed by atoms with E-state index < -0.39 is 0 Å². The number of amides is 1. The van der Waals surface area contributed by atoms with Gasteiger partial charge in [-0.15, -0.1) is 0 Å². The van der Waals surface area contributed by atoms with Gasteiger partial charge in [0.1, 0.15) is 0 Å². The average molecular weight is 361 g/mol. The quantitative estimate of drug-likeness (QED) is 0.902. The van der Waals surface area contributed by atoms with Gasteiger partial charge in [0.15, 0.2) is 17.2 Å². The molecule has 3 heterocycles. The number of aromatic nitrogens is 2. The summed E-state index contributed by atoms with van der Waals surface area (Å²) in [4.78, 5) is 23.1. The Labute approximate surface area is 149 Å². The van der Waals surface area contributed by atoms with Gasteiger partial charge in [-0.2, -0.15) is 0 Å². The zero-order valence-electron chi connectivity index (χ0n) is 13.5. The number of halogens is 1. The Hall–Kier alpha value is -2.54. The number of nitrogens with one attached hydrogen (secondary N) is 1. The second-order valence-electron chi connectivity index (χ2n) is 5.93. The highest BCUT2D eigenvalue weighted by Crippen LogP contribution is 2.32. The minimum atomic E-state index is -0.328. The number of rotatable bonds is 4. The Morgan fingerprint density at radius 1 is 1.24 bits per heavy atom. The molecule has 0 saturated carbocycles. The molecule has 0 atom stereocenters. The predicted octanol–water partition coefficient (Wildman–Crippen LogP) is 2.39. The van der Waals surface area contributed by atoms with Crippen LogP contribution in [0.1, 0.15) is 28.9 Å². The molecule has 4 rings (SSSR count). The number of fused-ring (bicyclic) bond motifs is 1.